The first-order chi connectivity index (χ1) is 16.1. The summed E-state index contributed by atoms with van der Waals surface area (Å²) in [6.07, 6.45) is 0. The molecule has 0 N–H and O–H groups in total. The molecule has 0 fully saturated rings. The molecule has 33 heavy (non-hydrogen) atoms. The molecule has 4 aromatic carbocycles. The van der Waals surface area contributed by atoms with Crippen LogP contribution in [0.1, 0.15) is 42.6 Å². The molecule has 4 aromatic rings. The lowest BCUT2D eigenvalue weighted by atomic mass is 9.73. The maximum atomic E-state index is 13.8. The van der Waals surface area contributed by atoms with Gasteiger partial charge in [-0.1, -0.05) is 115 Å². The molecule has 1 atom stereocenters. The van der Waals surface area contributed by atoms with Crippen LogP contribution >= 0.6 is 11.6 Å². The second-order valence-electron chi connectivity index (χ2n) is 7.70. The third-order valence-corrected chi connectivity index (χ3v) is 5.84. The average molecular weight is 453 g/mol. The van der Waals surface area contributed by atoms with Crippen molar-refractivity contribution < 1.29 is 14.4 Å². The Kier molecular flexibility index (Phi) is 6.92. The summed E-state index contributed by atoms with van der Waals surface area (Å²) in [6, 6.07) is 32.7. The van der Waals surface area contributed by atoms with Gasteiger partial charge in [0.25, 0.3) is 0 Å². The fourth-order valence-electron chi connectivity index (χ4n) is 3.93. The van der Waals surface area contributed by atoms with Crippen LogP contribution in [0.25, 0.3) is 0 Å². The normalized spacial score (nSPS) is 11.7. The number of carbonyl (C=O) groups is 3. The Morgan fingerprint density at radius 1 is 0.485 bits per heavy atom. The van der Waals surface area contributed by atoms with Crippen molar-refractivity contribution in [3.05, 3.63) is 143 Å². The summed E-state index contributed by atoms with van der Waals surface area (Å²) >= 11 is 6.09. The highest BCUT2D eigenvalue weighted by molar-refractivity contribution is 6.30. The highest BCUT2D eigenvalue weighted by Crippen LogP contribution is 2.34. The number of ketones is 3. The number of hydrogen-bond acceptors (Lipinski definition) is 3. The van der Waals surface area contributed by atoms with E-state index in [1.165, 1.54) is 0 Å². The van der Waals surface area contributed by atoms with E-state index in [1.54, 1.807) is 109 Å². The van der Waals surface area contributed by atoms with Crippen LogP contribution in [0.4, 0.5) is 0 Å². The van der Waals surface area contributed by atoms with Crippen LogP contribution in [0.5, 0.6) is 0 Å². The molecule has 0 aliphatic carbocycles. The lowest BCUT2D eigenvalue weighted by Gasteiger charge is -2.25. The molecule has 0 saturated carbocycles. The number of benzene rings is 4. The smallest absolute Gasteiger partial charge is 0.174 e. The third kappa shape index (κ3) is 5.00. The summed E-state index contributed by atoms with van der Waals surface area (Å²) in [5, 5.41) is 0.505. The van der Waals surface area contributed by atoms with E-state index in [-0.39, 0.29) is 5.78 Å². The van der Waals surface area contributed by atoms with Gasteiger partial charge in [0.15, 0.2) is 17.3 Å². The quantitative estimate of drug-likeness (QED) is 0.221. The number of Topliss-reactive ketones (excluding diaryl/α,β-unsaturated/α-hetero) is 3. The van der Waals surface area contributed by atoms with Crippen LogP contribution < -0.4 is 0 Å². The molecular formula is C29H21ClO3. The summed E-state index contributed by atoms with van der Waals surface area (Å²) < 4.78 is 0. The lowest BCUT2D eigenvalue weighted by Crippen LogP contribution is -2.35. The minimum absolute atomic E-state index is 0.295. The van der Waals surface area contributed by atoms with E-state index in [0.29, 0.717) is 27.3 Å². The number of rotatable bonds is 8. The molecular weight excluding hydrogens is 432 g/mol. The molecule has 0 aromatic heterocycles. The van der Waals surface area contributed by atoms with Crippen molar-refractivity contribution >= 4 is 29.0 Å². The third-order valence-electron chi connectivity index (χ3n) is 5.58. The molecule has 1 unspecified atom stereocenters. The van der Waals surface area contributed by atoms with Crippen LogP contribution in [0.15, 0.2) is 115 Å². The van der Waals surface area contributed by atoms with E-state index in [9.17, 15) is 14.4 Å². The Hall–Kier alpha value is -3.82. The maximum Gasteiger partial charge on any atom is 0.174 e. The summed E-state index contributed by atoms with van der Waals surface area (Å²) in [4.78, 5) is 41.4. The zero-order valence-electron chi connectivity index (χ0n) is 17.7. The monoisotopic (exact) mass is 452 g/mol. The summed E-state index contributed by atoms with van der Waals surface area (Å²) in [5.74, 6) is -3.33. The molecule has 0 aliphatic rings. The van der Waals surface area contributed by atoms with Gasteiger partial charge >= 0.3 is 0 Å². The Bertz CT molecular complexity index is 1200. The Balaban J connectivity index is 1.90. The van der Waals surface area contributed by atoms with Crippen molar-refractivity contribution in [1.29, 1.82) is 0 Å². The molecule has 4 rings (SSSR count). The van der Waals surface area contributed by atoms with Gasteiger partial charge in [-0.3, -0.25) is 14.4 Å². The highest BCUT2D eigenvalue weighted by Gasteiger charge is 2.41. The van der Waals surface area contributed by atoms with Crippen molar-refractivity contribution in [2.45, 2.75) is 5.92 Å². The van der Waals surface area contributed by atoms with Crippen molar-refractivity contribution in [1.82, 2.24) is 0 Å². The topological polar surface area (TPSA) is 51.2 Å². The van der Waals surface area contributed by atoms with Gasteiger partial charge in [0, 0.05) is 21.7 Å². The van der Waals surface area contributed by atoms with E-state index >= 15 is 0 Å². The number of hydrogen-bond donors (Lipinski definition) is 0. The van der Waals surface area contributed by atoms with Crippen LogP contribution in [0, 0.1) is 5.92 Å². The second-order valence-corrected chi connectivity index (χ2v) is 8.13. The average Bonchev–Trinajstić information content (AvgIpc) is 2.88. The Morgan fingerprint density at radius 3 is 1.24 bits per heavy atom. The molecule has 0 radical (unpaired) electrons. The molecule has 4 heteroatoms. The lowest BCUT2D eigenvalue weighted by molar-refractivity contribution is 0.0732. The van der Waals surface area contributed by atoms with Crippen LogP contribution in [-0.4, -0.2) is 17.3 Å². The van der Waals surface area contributed by atoms with Crippen molar-refractivity contribution in [3.8, 4) is 0 Å². The molecule has 0 heterocycles. The molecule has 0 spiro atoms. The van der Waals surface area contributed by atoms with Gasteiger partial charge in [0.2, 0.25) is 0 Å². The largest absolute Gasteiger partial charge is 0.293 e. The molecule has 0 amide bonds. The summed E-state index contributed by atoms with van der Waals surface area (Å²) in [7, 11) is 0. The summed E-state index contributed by atoms with van der Waals surface area (Å²) in [5.41, 5.74) is 1.76. The van der Waals surface area contributed by atoms with Crippen LogP contribution in [0.3, 0.4) is 0 Å². The Morgan fingerprint density at radius 2 is 0.848 bits per heavy atom. The van der Waals surface area contributed by atoms with Crippen LogP contribution in [-0.2, 0) is 0 Å². The maximum absolute atomic E-state index is 13.8. The zero-order valence-corrected chi connectivity index (χ0v) is 18.5. The molecule has 0 aliphatic heterocycles. The number of halogens is 1. The molecule has 3 nitrogen and oxygen atoms in total. The SMILES string of the molecule is O=C(c1ccccc1)C(C(=O)c1ccccc1)C(C(=O)c1ccccc1)c1ccc(Cl)cc1. The minimum Gasteiger partial charge on any atom is -0.293 e. The van der Waals surface area contributed by atoms with Crippen molar-refractivity contribution in [2.24, 2.45) is 5.92 Å². The predicted molar refractivity (Wildman–Crippen MR) is 130 cm³/mol. The fraction of sp³-hybridized carbons (Fsp3) is 0.0690. The van der Waals surface area contributed by atoms with Crippen molar-refractivity contribution in [2.75, 3.05) is 0 Å². The van der Waals surface area contributed by atoms with E-state index in [0.717, 1.165) is 0 Å². The van der Waals surface area contributed by atoms with Gasteiger partial charge in [0.1, 0.15) is 0 Å². The van der Waals surface area contributed by atoms with Gasteiger partial charge in [0.05, 0.1) is 11.8 Å². The Labute approximate surface area is 197 Å². The molecule has 0 bridgehead atoms. The zero-order chi connectivity index (χ0) is 23.2. The standard InChI is InChI=1S/C29H21ClO3/c30-24-18-16-20(17-19-24)25(27(31)21-10-4-1-5-11-21)26(28(32)22-12-6-2-7-13-22)29(33)23-14-8-3-9-15-23/h1-19,25-26H. The van der Waals surface area contributed by atoms with E-state index < -0.39 is 23.4 Å². The van der Waals surface area contributed by atoms with E-state index in [1.807, 2.05) is 6.07 Å². The first kappa shape index (κ1) is 22.4. The van der Waals surface area contributed by atoms with Gasteiger partial charge in [-0.05, 0) is 17.7 Å². The highest BCUT2D eigenvalue weighted by atomic mass is 35.5. The minimum atomic E-state index is -1.23. The van der Waals surface area contributed by atoms with Gasteiger partial charge in [-0.2, -0.15) is 0 Å². The first-order valence-electron chi connectivity index (χ1n) is 10.6. The van der Waals surface area contributed by atoms with E-state index in [2.05, 4.69) is 0 Å². The van der Waals surface area contributed by atoms with Gasteiger partial charge in [-0.25, -0.2) is 0 Å². The van der Waals surface area contributed by atoms with Gasteiger partial charge < -0.3 is 0 Å². The van der Waals surface area contributed by atoms with Crippen molar-refractivity contribution in [3.63, 3.8) is 0 Å². The fourth-order valence-corrected chi connectivity index (χ4v) is 4.06. The molecule has 162 valence electrons. The molecule has 0 saturated heterocycles. The van der Waals surface area contributed by atoms with Crippen LogP contribution in [0.2, 0.25) is 5.02 Å². The first-order valence-corrected chi connectivity index (χ1v) is 11.0. The predicted octanol–water partition coefficient (Wildman–Crippen LogP) is 6.69. The number of carbonyl (C=O) groups excluding carboxylic acids is 3. The van der Waals surface area contributed by atoms with E-state index in [4.69, 9.17) is 11.6 Å². The summed E-state index contributed by atoms with van der Waals surface area (Å²) in [6.45, 7) is 0. The second kappa shape index (κ2) is 10.2. The van der Waals surface area contributed by atoms with Gasteiger partial charge in [-0.15, -0.1) is 0 Å².